The number of carbonyl (C=O) groups is 1. The van der Waals surface area contributed by atoms with E-state index in [0.717, 1.165) is 0 Å². The molecule has 9 heteroatoms. The van der Waals surface area contributed by atoms with Gasteiger partial charge in [0.25, 0.3) is 0 Å². The summed E-state index contributed by atoms with van der Waals surface area (Å²) in [5, 5.41) is 11.3. The fourth-order valence-corrected chi connectivity index (χ4v) is 3.47. The number of nitrogens with one attached hydrogen (secondary N) is 1. The minimum atomic E-state index is -3.65. The van der Waals surface area contributed by atoms with E-state index in [9.17, 15) is 13.2 Å². The minimum absolute atomic E-state index is 0.0178. The van der Waals surface area contributed by atoms with Crippen LogP contribution in [0.1, 0.15) is 6.92 Å². The SMILES string of the molecule is CC(COCC(=O)O)NCS(=O)(=O)c1cccc(Cl)c1Cl. The normalized spacial score (nSPS) is 13.1. The Morgan fingerprint density at radius 2 is 2.10 bits per heavy atom. The van der Waals surface area contributed by atoms with Crippen LogP contribution in [-0.4, -0.2) is 44.6 Å². The molecule has 6 nitrogen and oxygen atoms in total. The van der Waals surface area contributed by atoms with E-state index in [1.807, 2.05) is 0 Å². The molecule has 1 aromatic carbocycles. The number of carboxylic acid groups (broad SMARTS) is 1. The Labute approximate surface area is 132 Å². The minimum Gasteiger partial charge on any atom is -0.480 e. The summed E-state index contributed by atoms with van der Waals surface area (Å²) >= 11 is 11.7. The Morgan fingerprint density at radius 3 is 2.71 bits per heavy atom. The summed E-state index contributed by atoms with van der Waals surface area (Å²) in [6, 6.07) is 4.04. The lowest BCUT2D eigenvalue weighted by atomic mass is 10.4. The van der Waals surface area contributed by atoms with Crippen molar-refractivity contribution in [2.75, 3.05) is 19.1 Å². The lowest BCUT2D eigenvalue weighted by Crippen LogP contribution is -2.35. The second-order valence-electron chi connectivity index (χ2n) is 4.33. The van der Waals surface area contributed by atoms with Crippen LogP contribution in [0.2, 0.25) is 10.0 Å². The molecule has 1 atom stereocenters. The first kappa shape index (κ1) is 18.2. The first-order valence-electron chi connectivity index (χ1n) is 5.93. The van der Waals surface area contributed by atoms with Gasteiger partial charge in [0.2, 0.25) is 0 Å². The van der Waals surface area contributed by atoms with Gasteiger partial charge in [0.05, 0.1) is 21.5 Å². The zero-order valence-corrected chi connectivity index (χ0v) is 13.5. The number of carboxylic acids is 1. The van der Waals surface area contributed by atoms with Crippen LogP contribution >= 0.6 is 23.2 Å². The van der Waals surface area contributed by atoms with Crippen molar-refractivity contribution in [3.63, 3.8) is 0 Å². The third kappa shape index (κ3) is 5.80. The number of rotatable bonds is 8. The number of aliphatic carboxylic acids is 1. The number of halogens is 2. The molecule has 118 valence electrons. The molecule has 0 aliphatic rings. The molecule has 0 heterocycles. The molecule has 0 fully saturated rings. The molecular formula is C12H15Cl2NO5S. The molecule has 1 unspecified atom stereocenters. The van der Waals surface area contributed by atoms with Crippen molar-refractivity contribution in [3.8, 4) is 0 Å². The fourth-order valence-electron chi connectivity index (χ4n) is 1.44. The molecular weight excluding hydrogens is 341 g/mol. The van der Waals surface area contributed by atoms with Crippen molar-refractivity contribution < 1.29 is 23.1 Å². The first-order chi connectivity index (χ1) is 9.74. The maximum atomic E-state index is 12.2. The summed E-state index contributed by atoms with van der Waals surface area (Å²) in [5.41, 5.74) is 0. The van der Waals surface area contributed by atoms with E-state index >= 15 is 0 Å². The van der Waals surface area contributed by atoms with E-state index in [0.29, 0.717) is 0 Å². The Kier molecular flexibility index (Phi) is 6.89. The third-order valence-electron chi connectivity index (χ3n) is 2.47. The Hall–Kier alpha value is -0.860. The standard InChI is InChI=1S/C12H15Cl2NO5S/c1-8(5-20-6-11(16)17)15-7-21(18,19)10-4-2-3-9(13)12(10)14/h2-4,8,15H,5-7H2,1H3,(H,16,17). The van der Waals surface area contributed by atoms with Gasteiger partial charge in [-0.25, -0.2) is 13.2 Å². The number of hydrogen-bond donors (Lipinski definition) is 2. The number of ether oxygens (including phenoxy) is 1. The van der Waals surface area contributed by atoms with Crippen LogP contribution in [0.4, 0.5) is 0 Å². The zero-order valence-electron chi connectivity index (χ0n) is 11.2. The van der Waals surface area contributed by atoms with Crippen molar-refractivity contribution in [1.29, 1.82) is 0 Å². The van der Waals surface area contributed by atoms with Crippen LogP contribution in [-0.2, 0) is 19.4 Å². The van der Waals surface area contributed by atoms with Gasteiger partial charge in [-0.2, -0.15) is 0 Å². The molecule has 0 bridgehead atoms. The summed E-state index contributed by atoms with van der Waals surface area (Å²) in [5.74, 6) is -1.44. The van der Waals surface area contributed by atoms with Crippen molar-refractivity contribution in [3.05, 3.63) is 28.2 Å². The van der Waals surface area contributed by atoms with Crippen molar-refractivity contribution in [2.24, 2.45) is 0 Å². The average molecular weight is 356 g/mol. The van der Waals surface area contributed by atoms with Crippen LogP contribution in [0.3, 0.4) is 0 Å². The lowest BCUT2D eigenvalue weighted by Gasteiger charge is -2.14. The Bertz CT molecular complexity index is 606. The van der Waals surface area contributed by atoms with E-state index in [1.165, 1.54) is 18.2 Å². The summed E-state index contributed by atoms with van der Waals surface area (Å²) in [6.45, 7) is 1.32. The number of benzene rings is 1. The highest BCUT2D eigenvalue weighted by Gasteiger charge is 2.20. The average Bonchev–Trinajstić information content (AvgIpc) is 2.39. The lowest BCUT2D eigenvalue weighted by molar-refractivity contribution is -0.142. The molecule has 0 amide bonds. The van der Waals surface area contributed by atoms with Crippen LogP contribution < -0.4 is 5.32 Å². The van der Waals surface area contributed by atoms with Gasteiger partial charge in [-0.1, -0.05) is 29.3 Å². The smallest absolute Gasteiger partial charge is 0.329 e. The second kappa shape index (κ2) is 7.95. The van der Waals surface area contributed by atoms with E-state index in [2.05, 4.69) is 5.32 Å². The maximum Gasteiger partial charge on any atom is 0.329 e. The van der Waals surface area contributed by atoms with Gasteiger partial charge in [0, 0.05) is 6.04 Å². The molecule has 0 aromatic heterocycles. The zero-order chi connectivity index (χ0) is 16.0. The Balaban J connectivity index is 2.61. The quantitative estimate of drug-likeness (QED) is 0.738. The largest absolute Gasteiger partial charge is 0.480 e. The molecule has 0 radical (unpaired) electrons. The first-order valence-corrected chi connectivity index (χ1v) is 8.34. The van der Waals surface area contributed by atoms with E-state index in [1.54, 1.807) is 6.92 Å². The topological polar surface area (TPSA) is 92.7 Å². The molecule has 0 saturated heterocycles. The maximum absolute atomic E-state index is 12.2. The predicted molar refractivity (Wildman–Crippen MR) is 79.6 cm³/mol. The predicted octanol–water partition coefficient (Wildman–Crippen LogP) is 1.80. The van der Waals surface area contributed by atoms with Gasteiger partial charge in [0.15, 0.2) is 9.84 Å². The van der Waals surface area contributed by atoms with Crippen molar-refractivity contribution in [2.45, 2.75) is 17.9 Å². The van der Waals surface area contributed by atoms with Crippen molar-refractivity contribution >= 4 is 39.0 Å². The highest BCUT2D eigenvalue weighted by molar-refractivity contribution is 7.91. The summed E-state index contributed by atoms with van der Waals surface area (Å²) in [7, 11) is -3.65. The van der Waals surface area contributed by atoms with E-state index < -0.39 is 22.4 Å². The summed E-state index contributed by atoms with van der Waals surface area (Å²) in [4.78, 5) is 10.2. The number of hydrogen-bond acceptors (Lipinski definition) is 5. The van der Waals surface area contributed by atoms with Gasteiger partial charge in [-0.3, -0.25) is 5.32 Å². The summed E-state index contributed by atoms with van der Waals surface area (Å²) in [6.07, 6.45) is 0. The molecule has 0 spiro atoms. The molecule has 1 rings (SSSR count). The van der Waals surface area contributed by atoms with Crippen LogP contribution in [0.5, 0.6) is 0 Å². The summed E-state index contributed by atoms with van der Waals surface area (Å²) < 4.78 is 29.2. The Morgan fingerprint density at radius 1 is 1.43 bits per heavy atom. The van der Waals surface area contributed by atoms with Crippen LogP contribution in [0, 0.1) is 0 Å². The fraction of sp³-hybridized carbons (Fsp3) is 0.417. The van der Waals surface area contributed by atoms with E-state index in [4.69, 9.17) is 33.0 Å². The van der Waals surface area contributed by atoms with Crippen LogP contribution in [0.15, 0.2) is 23.1 Å². The molecule has 2 N–H and O–H groups in total. The van der Waals surface area contributed by atoms with Crippen LogP contribution in [0.25, 0.3) is 0 Å². The highest BCUT2D eigenvalue weighted by Crippen LogP contribution is 2.29. The molecule has 0 saturated carbocycles. The molecule has 1 aromatic rings. The van der Waals surface area contributed by atoms with E-state index in [-0.39, 0.29) is 33.5 Å². The van der Waals surface area contributed by atoms with Gasteiger partial charge in [-0.15, -0.1) is 0 Å². The second-order valence-corrected chi connectivity index (χ2v) is 7.07. The highest BCUT2D eigenvalue weighted by atomic mass is 35.5. The third-order valence-corrected chi connectivity index (χ3v) is 4.95. The molecule has 0 aliphatic carbocycles. The molecule has 21 heavy (non-hydrogen) atoms. The van der Waals surface area contributed by atoms with Gasteiger partial charge in [-0.05, 0) is 19.1 Å². The number of sulfone groups is 1. The van der Waals surface area contributed by atoms with Gasteiger partial charge < -0.3 is 9.84 Å². The molecule has 0 aliphatic heterocycles. The monoisotopic (exact) mass is 355 g/mol. The van der Waals surface area contributed by atoms with Gasteiger partial charge >= 0.3 is 5.97 Å². The van der Waals surface area contributed by atoms with Gasteiger partial charge in [0.1, 0.15) is 12.5 Å². The van der Waals surface area contributed by atoms with Crippen molar-refractivity contribution in [1.82, 2.24) is 5.32 Å².